The summed E-state index contributed by atoms with van der Waals surface area (Å²) in [6, 6.07) is 7.75. The number of hydrogen-bond acceptors (Lipinski definition) is 6. The summed E-state index contributed by atoms with van der Waals surface area (Å²) < 4.78 is 2.03. The van der Waals surface area contributed by atoms with E-state index in [2.05, 4.69) is 20.6 Å². The maximum atomic E-state index is 13.3. The van der Waals surface area contributed by atoms with Gasteiger partial charge >= 0.3 is 0 Å². The zero-order valence-electron chi connectivity index (χ0n) is 22.4. The van der Waals surface area contributed by atoms with Crippen molar-refractivity contribution < 1.29 is 9.59 Å². The minimum atomic E-state index is -0.0465. The molecule has 40 heavy (non-hydrogen) atoms. The maximum Gasteiger partial charge on any atom is 0.226 e. The Morgan fingerprint density at radius 1 is 0.800 bits per heavy atom. The molecule has 8 rings (SSSR count). The third-order valence-corrected chi connectivity index (χ3v) is 11.9. The predicted octanol–water partition coefficient (Wildman–Crippen LogP) is 8.77. The average molecular weight is 614 g/mol. The number of carbonyl (C=O) groups is 2. The van der Waals surface area contributed by atoms with E-state index < -0.39 is 0 Å². The van der Waals surface area contributed by atoms with Crippen molar-refractivity contribution in [2.45, 2.75) is 65.2 Å². The molecular weight excluding hydrogens is 583 g/mol. The minimum Gasteiger partial charge on any atom is -0.302 e. The number of hydrogen-bond donors (Lipinski definition) is 2. The fourth-order valence-corrected chi connectivity index (χ4v) is 10.5. The summed E-state index contributed by atoms with van der Waals surface area (Å²) in [6.07, 6.45) is 7.42. The molecular formula is C30H30Cl2N4O2S2. The van der Waals surface area contributed by atoms with Crippen molar-refractivity contribution >= 4 is 88.4 Å². The number of benzene rings is 2. The fraction of sp³-hybridized carbons (Fsp3) is 0.467. The van der Waals surface area contributed by atoms with E-state index in [0.717, 1.165) is 63.7 Å². The number of rotatable bonds is 6. The van der Waals surface area contributed by atoms with Crippen LogP contribution >= 0.6 is 45.9 Å². The third kappa shape index (κ3) is 4.91. The van der Waals surface area contributed by atoms with Crippen molar-refractivity contribution in [2.75, 3.05) is 10.6 Å². The molecule has 10 heteroatoms. The number of anilines is 2. The summed E-state index contributed by atoms with van der Waals surface area (Å²) in [5.74, 6) is 1.21. The maximum absolute atomic E-state index is 13.3. The van der Waals surface area contributed by atoms with Crippen LogP contribution in [0.3, 0.4) is 0 Å². The molecule has 0 spiro atoms. The molecule has 2 N–H and O–H groups in total. The van der Waals surface area contributed by atoms with Crippen molar-refractivity contribution in [1.29, 1.82) is 0 Å². The molecule has 2 amide bonds. The van der Waals surface area contributed by atoms with E-state index in [1.54, 1.807) is 0 Å². The monoisotopic (exact) mass is 612 g/mol. The summed E-state index contributed by atoms with van der Waals surface area (Å²) in [5, 5.41) is 8.76. The number of nitrogens with zero attached hydrogens (tertiary/aromatic N) is 2. The summed E-state index contributed by atoms with van der Waals surface area (Å²) in [6.45, 7) is 3.94. The van der Waals surface area contributed by atoms with Crippen LogP contribution < -0.4 is 10.6 Å². The first-order chi connectivity index (χ1) is 19.1. The number of carbonyl (C=O) groups excluding carboxylic acids is 2. The van der Waals surface area contributed by atoms with E-state index in [-0.39, 0.29) is 22.6 Å². The van der Waals surface area contributed by atoms with E-state index in [9.17, 15) is 9.59 Å². The topological polar surface area (TPSA) is 84.0 Å². The second-order valence-corrected chi connectivity index (χ2v) is 15.5. The van der Waals surface area contributed by atoms with Crippen LogP contribution in [0.25, 0.3) is 20.4 Å². The standard InChI is InChI=1S/C30H30Cl2N4O2S2/c1-15-3-23-21(6-19(15)31)33-27(39-23)35-25(37)12-29-8-17-5-18(9-29)11-30(10-17,14-29)13-26(38)36-28-34-22-7-20(32)16(2)4-24(22)40-28/h3-4,6-7,17-18H,5,8-14H2,1-2H3,(H,33,35,37)(H,34,36,38). The Balaban J connectivity index is 1.05. The Bertz CT molecular complexity index is 1480. The molecule has 2 aromatic carbocycles. The van der Waals surface area contributed by atoms with Crippen molar-refractivity contribution in [3.8, 4) is 0 Å². The van der Waals surface area contributed by atoms with Crippen molar-refractivity contribution in [1.82, 2.24) is 9.97 Å². The molecule has 4 fully saturated rings. The van der Waals surface area contributed by atoms with Gasteiger partial charge in [0.2, 0.25) is 11.8 Å². The lowest BCUT2D eigenvalue weighted by Gasteiger charge is -2.62. The van der Waals surface area contributed by atoms with E-state index in [1.165, 1.54) is 29.1 Å². The molecule has 0 aliphatic heterocycles. The van der Waals surface area contributed by atoms with Crippen LogP contribution in [0.2, 0.25) is 10.0 Å². The van der Waals surface area contributed by atoms with Gasteiger partial charge in [0.25, 0.3) is 0 Å². The number of thiazole rings is 2. The Kier molecular flexibility index (Phi) is 6.42. The number of aryl methyl sites for hydroxylation is 2. The highest BCUT2D eigenvalue weighted by Gasteiger charge is 2.58. The number of amides is 2. The first-order valence-corrected chi connectivity index (χ1v) is 16.2. The van der Waals surface area contributed by atoms with Crippen LogP contribution in [0.5, 0.6) is 0 Å². The van der Waals surface area contributed by atoms with E-state index in [4.69, 9.17) is 23.2 Å². The number of fused-ring (bicyclic) bond motifs is 2. The molecule has 4 aliphatic carbocycles. The van der Waals surface area contributed by atoms with Gasteiger partial charge in [0.15, 0.2) is 10.3 Å². The lowest BCUT2D eigenvalue weighted by molar-refractivity contribution is -0.142. The van der Waals surface area contributed by atoms with Gasteiger partial charge in [-0.15, -0.1) is 0 Å². The van der Waals surface area contributed by atoms with Crippen LogP contribution in [0, 0.1) is 36.5 Å². The van der Waals surface area contributed by atoms with Gasteiger partial charge in [0, 0.05) is 22.9 Å². The summed E-state index contributed by atoms with van der Waals surface area (Å²) in [7, 11) is 0. The highest BCUT2D eigenvalue weighted by molar-refractivity contribution is 7.22. The SMILES string of the molecule is Cc1cc2sc(NC(=O)CC34CC5CC(C3)CC(CC(=O)Nc3nc6cc(Cl)c(C)cc6s3)(C5)C4)nc2cc1Cl. The Morgan fingerprint density at radius 3 is 1.65 bits per heavy atom. The van der Waals surface area contributed by atoms with Gasteiger partial charge in [-0.25, -0.2) is 9.97 Å². The first kappa shape index (κ1) is 26.6. The van der Waals surface area contributed by atoms with Crippen LogP contribution in [0.1, 0.15) is 62.5 Å². The third-order valence-electron chi connectivity index (χ3n) is 9.20. The molecule has 2 heterocycles. The zero-order valence-corrected chi connectivity index (χ0v) is 25.5. The van der Waals surface area contributed by atoms with Gasteiger partial charge in [0.05, 0.1) is 20.4 Å². The van der Waals surface area contributed by atoms with E-state index in [1.807, 2.05) is 38.1 Å². The summed E-state index contributed by atoms with van der Waals surface area (Å²) >= 11 is 15.5. The highest BCUT2D eigenvalue weighted by atomic mass is 35.5. The molecule has 6 nitrogen and oxygen atoms in total. The molecule has 0 saturated heterocycles. The average Bonchev–Trinajstić information content (AvgIpc) is 3.39. The Morgan fingerprint density at radius 2 is 1.23 bits per heavy atom. The quantitative estimate of drug-likeness (QED) is 0.228. The van der Waals surface area contributed by atoms with Gasteiger partial charge in [-0.2, -0.15) is 0 Å². The largest absolute Gasteiger partial charge is 0.302 e. The molecule has 4 aromatic rings. The lowest BCUT2D eigenvalue weighted by Crippen LogP contribution is -2.53. The van der Waals surface area contributed by atoms with Crippen molar-refractivity contribution in [3.05, 3.63) is 45.4 Å². The molecule has 2 aromatic heterocycles. The second-order valence-electron chi connectivity index (χ2n) is 12.6. The van der Waals surface area contributed by atoms with Gasteiger partial charge in [-0.05, 0) is 110 Å². The fourth-order valence-electron chi connectivity index (χ4n) is 8.28. The minimum absolute atomic E-state index is 0.0202. The van der Waals surface area contributed by atoms with Crippen LogP contribution in [-0.2, 0) is 9.59 Å². The van der Waals surface area contributed by atoms with Crippen molar-refractivity contribution in [2.24, 2.45) is 22.7 Å². The van der Waals surface area contributed by atoms with Gasteiger partial charge in [0.1, 0.15) is 0 Å². The smallest absolute Gasteiger partial charge is 0.226 e. The number of aromatic nitrogens is 2. The lowest BCUT2D eigenvalue weighted by atomic mass is 9.43. The molecule has 4 saturated carbocycles. The molecule has 4 aliphatic rings. The van der Waals surface area contributed by atoms with Gasteiger partial charge in [-0.3, -0.25) is 9.59 Å². The molecule has 0 atom stereocenters. The van der Waals surface area contributed by atoms with Gasteiger partial charge < -0.3 is 10.6 Å². The highest BCUT2D eigenvalue weighted by Crippen LogP contribution is 2.67. The number of halogens is 2. The second kappa shape index (κ2) is 9.65. The predicted molar refractivity (Wildman–Crippen MR) is 165 cm³/mol. The molecule has 4 bridgehead atoms. The first-order valence-electron chi connectivity index (χ1n) is 13.8. The van der Waals surface area contributed by atoms with Crippen LogP contribution in [-0.4, -0.2) is 21.8 Å². The normalized spacial score (nSPS) is 27.0. The Hall–Kier alpha value is -2.26. The molecule has 0 unspecified atom stereocenters. The van der Waals surface area contributed by atoms with Crippen LogP contribution in [0.4, 0.5) is 10.3 Å². The van der Waals surface area contributed by atoms with E-state index in [0.29, 0.717) is 45.0 Å². The van der Waals surface area contributed by atoms with Crippen LogP contribution in [0.15, 0.2) is 24.3 Å². The Labute approximate surface area is 250 Å². The summed E-state index contributed by atoms with van der Waals surface area (Å²) in [5.41, 5.74) is 3.52. The van der Waals surface area contributed by atoms with E-state index >= 15 is 0 Å². The summed E-state index contributed by atoms with van der Waals surface area (Å²) in [4.78, 5) is 35.9. The van der Waals surface area contributed by atoms with Crippen molar-refractivity contribution in [3.63, 3.8) is 0 Å². The molecule has 0 radical (unpaired) electrons. The number of nitrogens with one attached hydrogen (secondary N) is 2. The molecule has 208 valence electrons. The van der Waals surface area contributed by atoms with Gasteiger partial charge in [-0.1, -0.05) is 45.9 Å². The zero-order chi connectivity index (χ0) is 27.8.